The number of hydrogen-bond acceptors (Lipinski definition) is 6. The van der Waals surface area contributed by atoms with Gasteiger partial charge < -0.3 is 14.3 Å². The lowest BCUT2D eigenvalue weighted by atomic mass is 10.1. The molecule has 3 aromatic rings. The zero-order valence-corrected chi connectivity index (χ0v) is 22.0. The summed E-state index contributed by atoms with van der Waals surface area (Å²) in [5.74, 6) is -0.340. The fraction of sp³-hybridized carbons (Fsp3) is 0.360. The van der Waals surface area contributed by atoms with Gasteiger partial charge in [0.15, 0.2) is 0 Å². The highest BCUT2D eigenvalue weighted by atomic mass is 32.2. The molecule has 3 rings (SSSR count). The van der Waals surface area contributed by atoms with Crippen LogP contribution in [0.3, 0.4) is 0 Å². The van der Waals surface area contributed by atoms with Crippen molar-refractivity contribution in [1.29, 1.82) is 0 Å². The summed E-state index contributed by atoms with van der Waals surface area (Å²) in [6, 6.07) is 10.6. The topological polar surface area (TPSA) is 113 Å². The van der Waals surface area contributed by atoms with Crippen molar-refractivity contribution in [3.8, 4) is 17.2 Å². The van der Waals surface area contributed by atoms with E-state index in [1.165, 1.54) is 19.2 Å². The molecule has 0 aliphatic heterocycles. The summed E-state index contributed by atoms with van der Waals surface area (Å²) >= 11 is 0. The minimum Gasteiger partial charge on any atom is -0.487 e. The van der Waals surface area contributed by atoms with Crippen LogP contribution in [0.1, 0.15) is 36.4 Å². The average Bonchev–Trinajstić information content (AvgIpc) is 3.21. The van der Waals surface area contributed by atoms with Crippen LogP contribution < -0.4 is 4.74 Å². The number of nitrogens with zero attached hydrogens (tertiary/aromatic N) is 3. The maximum atomic E-state index is 12.9. The molecule has 0 aliphatic carbocycles. The van der Waals surface area contributed by atoms with Crippen molar-refractivity contribution in [2.45, 2.75) is 46.1 Å². The summed E-state index contributed by atoms with van der Waals surface area (Å²) in [6.07, 6.45) is -4.45. The number of carbonyl (C=O) groups is 1. The van der Waals surface area contributed by atoms with Gasteiger partial charge >= 0.3 is 12.1 Å². The second-order valence-corrected chi connectivity index (χ2v) is 10.8. The molecule has 0 fully saturated rings. The minimum absolute atomic E-state index is 0.0212. The highest BCUT2D eigenvalue weighted by Gasteiger charge is 2.31. The average molecular weight is 556 g/mol. The van der Waals surface area contributed by atoms with E-state index < -0.39 is 34.5 Å². The first kappa shape index (κ1) is 29.1. The predicted molar refractivity (Wildman–Crippen MR) is 132 cm³/mol. The number of rotatable bonds is 11. The number of aromatic nitrogens is 1. The summed E-state index contributed by atoms with van der Waals surface area (Å²) in [5.41, 5.74) is 0.532. The minimum atomic E-state index is -4.45. The number of aliphatic carboxylic acids is 1. The molecule has 1 N–H and O–H groups in total. The van der Waals surface area contributed by atoms with Gasteiger partial charge in [0.25, 0.3) is 10.2 Å². The third kappa shape index (κ3) is 7.11. The van der Waals surface area contributed by atoms with Crippen molar-refractivity contribution in [3.05, 3.63) is 71.1 Å². The Morgan fingerprint density at radius 2 is 1.82 bits per heavy atom. The Hall–Kier alpha value is -3.42. The van der Waals surface area contributed by atoms with Crippen LogP contribution in [0.15, 0.2) is 52.9 Å². The van der Waals surface area contributed by atoms with Crippen molar-refractivity contribution in [3.63, 3.8) is 0 Å². The van der Waals surface area contributed by atoms with E-state index in [0.29, 0.717) is 28.3 Å². The second-order valence-electron chi connectivity index (χ2n) is 8.81. The van der Waals surface area contributed by atoms with Gasteiger partial charge in [-0.1, -0.05) is 12.1 Å². The van der Waals surface area contributed by atoms with E-state index in [1.807, 2.05) is 0 Å². The molecule has 1 aromatic heterocycles. The monoisotopic (exact) mass is 555 g/mol. The number of halogens is 3. The third-order valence-electron chi connectivity index (χ3n) is 5.71. The molecule has 0 amide bonds. The van der Waals surface area contributed by atoms with E-state index >= 15 is 0 Å². The van der Waals surface area contributed by atoms with Gasteiger partial charge in [-0.3, -0.25) is 4.79 Å². The fourth-order valence-corrected chi connectivity index (χ4v) is 4.88. The zero-order chi connectivity index (χ0) is 28.3. The fourth-order valence-electron chi connectivity index (χ4n) is 3.39. The molecular formula is C25H28F3N3O6S. The largest absolute Gasteiger partial charge is 0.487 e. The van der Waals surface area contributed by atoms with Crippen molar-refractivity contribution >= 4 is 16.2 Å². The molecule has 0 bridgehead atoms. The number of ether oxygens (including phenoxy) is 1. The van der Waals surface area contributed by atoms with Gasteiger partial charge in [-0.2, -0.15) is 30.2 Å². The Bertz CT molecular complexity index is 1370. The summed E-state index contributed by atoms with van der Waals surface area (Å²) in [6.45, 7) is 4.08. The number of oxazole rings is 1. The third-order valence-corrected chi connectivity index (χ3v) is 7.77. The van der Waals surface area contributed by atoms with Gasteiger partial charge in [0, 0.05) is 25.2 Å². The van der Waals surface area contributed by atoms with Crippen LogP contribution in [0.5, 0.6) is 5.75 Å². The van der Waals surface area contributed by atoms with Crippen molar-refractivity contribution < 1.29 is 40.6 Å². The van der Waals surface area contributed by atoms with Crippen molar-refractivity contribution in [1.82, 2.24) is 13.6 Å². The van der Waals surface area contributed by atoms with Crippen LogP contribution in [-0.2, 0) is 34.3 Å². The number of carboxylic acid groups (broad SMARTS) is 1. The van der Waals surface area contributed by atoms with Gasteiger partial charge in [-0.15, -0.1) is 0 Å². The molecule has 9 nitrogen and oxygen atoms in total. The van der Waals surface area contributed by atoms with E-state index in [0.717, 1.165) is 20.7 Å². The number of carboxylic acids is 1. The van der Waals surface area contributed by atoms with Crippen LogP contribution in [0.2, 0.25) is 0 Å². The van der Waals surface area contributed by atoms with Crippen LogP contribution in [-0.4, -0.2) is 52.7 Å². The molecule has 0 atom stereocenters. The molecule has 1 heterocycles. The van der Waals surface area contributed by atoms with E-state index in [-0.39, 0.29) is 25.1 Å². The number of alkyl halides is 3. The maximum absolute atomic E-state index is 12.9. The van der Waals surface area contributed by atoms with E-state index in [1.54, 1.807) is 45.0 Å². The lowest BCUT2D eigenvalue weighted by Gasteiger charge is -2.28. The van der Waals surface area contributed by atoms with Crippen LogP contribution in [0.25, 0.3) is 11.5 Å². The summed E-state index contributed by atoms with van der Waals surface area (Å²) in [7, 11) is -2.66. The molecule has 206 valence electrons. The van der Waals surface area contributed by atoms with Gasteiger partial charge in [-0.25, -0.2) is 4.98 Å². The normalized spacial score (nSPS) is 12.5. The first-order chi connectivity index (χ1) is 17.7. The summed E-state index contributed by atoms with van der Waals surface area (Å²) < 4.78 is 77.6. The molecule has 0 unspecified atom stereocenters. The molecule has 0 spiro atoms. The number of hydrogen-bond donors (Lipinski definition) is 1. The molecule has 2 aromatic carbocycles. The van der Waals surface area contributed by atoms with Gasteiger partial charge in [0.05, 0.1) is 5.56 Å². The molecule has 0 saturated carbocycles. The van der Waals surface area contributed by atoms with Crippen molar-refractivity contribution in [2.75, 3.05) is 13.6 Å². The SMILES string of the molecule is Cc1oc(-c2ccc(C(F)(F)F)cc2)nc1COc1cccc(CN(CC(=O)O)S(=O)(=O)N(C)C(C)C)c1. The van der Waals surface area contributed by atoms with Gasteiger partial charge in [0.2, 0.25) is 5.89 Å². The van der Waals surface area contributed by atoms with Crippen molar-refractivity contribution in [2.24, 2.45) is 0 Å². The highest BCUT2D eigenvalue weighted by molar-refractivity contribution is 7.86. The molecule has 13 heteroatoms. The molecule has 0 saturated heterocycles. The lowest BCUT2D eigenvalue weighted by Crippen LogP contribution is -2.46. The zero-order valence-electron chi connectivity index (χ0n) is 21.2. The van der Waals surface area contributed by atoms with Crippen LogP contribution >= 0.6 is 0 Å². The van der Waals surface area contributed by atoms with Gasteiger partial charge in [0.1, 0.15) is 30.4 Å². The molecule has 0 aliphatic rings. The van der Waals surface area contributed by atoms with E-state index in [4.69, 9.17) is 9.15 Å². The second kappa shape index (κ2) is 11.5. The van der Waals surface area contributed by atoms with E-state index in [9.17, 15) is 31.5 Å². The Morgan fingerprint density at radius 3 is 2.39 bits per heavy atom. The van der Waals surface area contributed by atoms with Crippen LogP contribution in [0.4, 0.5) is 13.2 Å². The first-order valence-electron chi connectivity index (χ1n) is 11.5. The van der Waals surface area contributed by atoms with Crippen LogP contribution in [0, 0.1) is 6.92 Å². The first-order valence-corrected chi connectivity index (χ1v) is 12.9. The quantitative estimate of drug-likeness (QED) is 0.364. The van der Waals surface area contributed by atoms with E-state index in [2.05, 4.69) is 4.98 Å². The smallest absolute Gasteiger partial charge is 0.416 e. The number of benzene rings is 2. The molecule has 38 heavy (non-hydrogen) atoms. The predicted octanol–water partition coefficient (Wildman–Crippen LogP) is 4.72. The Kier molecular flexibility index (Phi) is 8.85. The molecule has 0 radical (unpaired) electrons. The number of aryl methyl sites for hydroxylation is 1. The Morgan fingerprint density at radius 1 is 1.16 bits per heavy atom. The Labute approximate surface area is 218 Å². The van der Waals surface area contributed by atoms with Gasteiger partial charge in [-0.05, 0) is 62.7 Å². The lowest BCUT2D eigenvalue weighted by molar-refractivity contribution is -0.138. The molecular weight excluding hydrogens is 527 g/mol. The highest BCUT2D eigenvalue weighted by Crippen LogP contribution is 2.31. The maximum Gasteiger partial charge on any atom is 0.416 e. The Balaban J connectivity index is 1.74. The standard InChI is InChI=1S/C25H28F3N3O6S/c1-16(2)30(4)38(34,35)31(14-23(32)33)13-18-6-5-7-21(12-18)36-15-22-17(3)37-24(29-22)19-8-10-20(11-9-19)25(26,27)28/h5-12,16H,13-15H2,1-4H3,(H,32,33). The summed E-state index contributed by atoms with van der Waals surface area (Å²) in [4.78, 5) is 15.7. The summed E-state index contributed by atoms with van der Waals surface area (Å²) in [5, 5.41) is 9.25.